The molecule has 1 aliphatic carbocycles. The van der Waals surface area contributed by atoms with Crippen LogP contribution in [0.2, 0.25) is 0 Å². The molecule has 0 saturated heterocycles. The molecule has 4 rings (SSSR count). The van der Waals surface area contributed by atoms with Gasteiger partial charge in [0.1, 0.15) is 5.75 Å². The second kappa shape index (κ2) is 4.74. The Hall–Kier alpha value is -2.06. The molecule has 21 heavy (non-hydrogen) atoms. The van der Waals surface area contributed by atoms with E-state index in [0.717, 1.165) is 5.75 Å². The molecule has 0 N–H and O–H groups in total. The zero-order valence-corrected chi connectivity index (χ0v) is 12.9. The van der Waals surface area contributed by atoms with E-state index in [1.807, 2.05) is 11.3 Å². The van der Waals surface area contributed by atoms with Crippen molar-refractivity contribution < 1.29 is 4.74 Å². The molecule has 3 aromatic rings. The van der Waals surface area contributed by atoms with E-state index in [-0.39, 0.29) is 0 Å². The van der Waals surface area contributed by atoms with Crippen molar-refractivity contribution >= 4 is 11.3 Å². The molecule has 2 aromatic carbocycles. The van der Waals surface area contributed by atoms with E-state index < -0.39 is 0 Å². The van der Waals surface area contributed by atoms with Crippen LogP contribution in [0.5, 0.6) is 5.75 Å². The molecule has 0 saturated carbocycles. The molecule has 1 atom stereocenters. The van der Waals surface area contributed by atoms with Gasteiger partial charge in [-0.1, -0.05) is 43.3 Å². The van der Waals surface area contributed by atoms with Crippen molar-refractivity contribution in [1.82, 2.24) is 0 Å². The summed E-state index contributed by atoms with van der Waals surface area (Å²) in [6.45, 7) is 2.29. The van der Waals surface area contributed by atoms with Crippen molar-refractivity contribution in [2.45, 2.75) is 12.8 Å². The summed E-state index contributed by atoms with van der Waals surface area (Å²) in [5, 5.41) is 2.17. The number of hydrogen-bond acceptors (Lipinski definition) is 2. The molecule has 0 spiro atoms. The molecule has 0 fully saturated rings. The van der Waals surface area contributed by atoms with Gasteiger partial charge in [0.25, 0.3) is 0 Å². The fraction of sp³-hybridized carbons (Fsp3) is 0.158. The lowest BCUT2D eigenvalue weighted by Crippen LogP contribution is -1.99. The number of methoxy groups -OCH3 is 1. The van der Waals surface area contributed by atoms with E-state index in [2.05, 4.69) is 60.8 Å². The molecule has 104 valence electrons. The predicted octanol–water partition coefficient (Wildman–Crippen LogP) is 5.56. The van der Waals surface area contributed by atoms with Gasteiger partial charge in [0.2, 0.25) is 0 Å². The first-order valence-electron chi connectivity index (χ1n) is 7.15. The maximum absolute atomic E-state index is 5.65. The molecule has 1 aliphatic rings. The lowest BCUT2D eigenvalue weighted by molar-refractivity contribution is 0.416. The number of ether oxygens (including phenoxy) is 1. The summed E-state index contributed by atoms with van der Waals surface area (Å²) in [7, 11) is 1.75. The fourth-order valence-corrected chi connectivity index (χ4v) is 4.28. The summed E-state index contributed by atoms with van der Waals surface area (Å²) in [5.41, 5.74) is 6.64. The topological polar surface area (TPSA) is 9.23 Å². The standard InChI is InChI=1S/C19H16OS/c1-12-13-6-3-4-7-15(13)19-16(10-11-21-19)18-14(12)8-5-9-17(18)20-2/h3-12H,1-2H3. The first-order valence-corrected chi connectivity index (χ1v) is 8.03. The summed E-state index contributed by atoms with van der Waals surface area (Å²) < 4.78 is 5.65. The highest BCUT2D eigenvalue weighted by Gasteiger charge is 2.26. The Bertz CT molecular complexity index is 816. The molecule has 1 aromatic heterocycles. The van der Waals surface area contributed by atoms with Gasteiger partial charge in [-0.15, -0.1) is 11.3 Å². The van der Waals surface area contributed by atoms with Gasteiger partial charge in [0.15, 0.2) is 0 Å². The van der Waals surface area contributed by atoms with Crippen LogP contribution in [0, 0.1) is 0 Å². The third-order valence-electron chi connectivity index (χ3n) is 4.35. The smallest absolute Gasteiger partial charge is 0.127 e. The summed E-state index contributed by atoms with van der Waals surface area (Å²) in [6.07, 6.45) is 0. The minimum Gasteiger partial charge on any atom is -0.496 e. The summed E-state index contributed by atoms with van der Waals surface area (Å²) in [4.78, 5) is 1.35. The van der Waals surface area contributed by atoms with Crippen molar-refractivity contribution in [3.8, 4) is 27.3 Å². The minimum atomic E-state index is 0.367. The monoisotopic (exact) mass is 292 g/mol. The van der Waals surface area contributed by atoms with E-state index in [4.69, 9.17) is 4.74 Å². The van der Waals surface area contributed by atoms with Gasteiger partial charge in [-0.05, 0) is 34.2 Å². The van der Waals surface area contributed by atoms with Gasteiger partial charge in [-0.25, -0.2) is 0 Å². The molecule has 0 radical (unpaired) electrons. The Morgan fingerprint density at radius 3 is 2.57 bits per heavy atom. The number of hydrogen-bond donors (Lipinski definition) is 0. The van der Waals surface area contributed by atoms with Gasteiger partial charge in [-0.2, -0.15) is 0 Å². The lowest BCUT2D eigenvalue weighted by Gasteiger charge is -2.17. The van der Waals surface area contributed by atoms with Gasteiger partial charge in [-0.3, -0.25) is 0 Å². The van der Waals surface area contributed by atoms with Crippen molar-refractivity contribution in [2.24, 2.45) is 0 Å². The highest BCUT2D eigenvalue weighted by atomic mass is 32.1. The molecule has 2 heteroatoms. The normalized spacial score (nSPS) is 15.6. The Kier molecular flexibility index (Phi) is 2.86. The van der Waals surface area contributed by atoms with E-state index in [1.54, 1.807) is 7.11 Å². The molecule has 1 nitrogen and oxygen atoms in total. The van der Waals surface area contributed by atoms with Crippen LogP contribution in [0.1, 0.15) is 24.0 Å². The van der Waals surface area contributed by atoms with Crippen LogP contribution < -0.4 is 4.74 Å². The molecular formula is C19H16OS. The maximum atomic E-state index is 5.65. The van der Waals surface area contributed by atoms with Crippen LogP contribution in [-0.4, -0.2) is 7.11 Å². The van der Waals surface area contributed by atoms with Crippen molar-refractivity contribution in [3.63, 3.8) is 0 Å². The van der Waals surface area contributed by atoms with Crippen LogP contribution in [0.4, 0.5) is 0 Å². The zero-order valence-electron chi connectivity index (χ0n) is 12.1. The van der Waals surface area contributed by atoms with Crippen LogP contribution in [0.3, 0.4) is 0 Å². The van der Waals surface area contributed by atoms with E-state index in [9.17, 15) is 0 Å². The van der Waals surface area contributed by atoms with Gasteiger partial charge < -0.3 is 4.74 Å². The molecule has 1 heterocycles. The van der Waals surface area contributed by atoms with Gasteiger partial charge >= 0.3 is 0 Å². The van der Waals surface area contributed by atoms with Crippen molar-refractivity contribution in [1.29, 1.82) is 0 Å². The number of thiophene rings is 1. The Balaban J connectivity index is 2.15. The van der Waals surface area contributed by atoms with Crippen LogP contribution >= 0.6 is 11.3 Å². The SMILES string of the molecule is COc1cccc2c1-c1ccsc1-c1ccccc1C2C. The zero-order chi connectivity index (χ0) is 14.4. The molecular weight excluding hydrogens is 276 g/mol. The number of fused-ring (bicyclic) bond motifs is 5. The third kappa shape index (κ3) is 1.76. The number of benzene rings is 2. The lowest BCUT2D eigenvalue weighted by atomic mass is 9.89. The molecule has 1 unspecified atom stereocenters. The van der Waals surface area contributed by atoms with Crippen LogP contribution in [0.15, 0.2) is 53.9 Å². The fourth-order valence-electron chi connectivity index (χ4n) is 3.33. The average Bonchev–Trinajstić information content (AvgIpc) is 2.99. The molecule has 0 amide bonds. The van der Waals surface area contributed by atoms with Crippen molar-refractivity contribution in [2.75, 3.05) is 7.11 Å². The van der Waals surface area contributed by atoms with Crippen LogP contribution in [0.25, 0.3) is 21.6 Å². The molecule has 0 aliphatic heterocycles. The first kappa shape index (κ1) is 12.7. The highest BCUT2D eigenvalue weighted by molar-refractivity contribution is 7.14. The van der Waals surface area contributed by atoms with Gasteiger partial charge in [0.05, 0.1) is 7.11 Å². The average molecular weight is 292 g/mol. The second-order valence-corrected chi connectivity index (χ2v) is 6.31. The minimum absolute atomic E-state index is 0.367. The second-order valence-electron chi connectivity index (χ2n) is 5.40. The highest BCUT2D eigenvalue weighted by Crippen LogP contribution is 2.50. The predicted molar refractivity (Wildman–Crippen MR) is 89.3 cm³/mol. The summed E-state index contributed by atoms with van der Waals surface area (Å²) >= 11 is 1.81. The van der Waals surface area contributed by atoms with Crippen molar-refractivity contribution in [3.05, 3.63) is 65.0 Å². The Labute approximate surface area is 128 Å². The van der Waals surface area contributed by atoms with Crippen LogP contribution in [-0.2, 0) is 0 Å². The largest absolute Gasteiger partial charge is 0.496 e. The van der Waals surface area contributed by atoms with E-state index in [1.165, 1.54) is 32.7 Å². The first-order chi connectivity index (χ1) is 10.3. The summed E-state index contributed by atoms with van der Waals surface area (Å²) in [5.74, 6) is 1.33. The van der Waals surface area contributed by atoms with E-state index >= 15 is 0 Å². The number of rotatable bonds is 1. The quantitative estimate of drug-likeness (QED) is 0.571. The Morgan fingerprint density at radius 1 is 0.905 bits per heavy atom. The molecule has 0 bridgehead atoms. The van der Waals surface area contributed by atoms with Gasteiger partial charge in [0, 0.05) is 21.9 Å². The maximum Gasteiger partial charge on any atom is 0.127 e. The Morgan fingerprint density at radius 2 is 1.71 bits per heavy atom. The van der Waals surface area contributed by atoms with E-state index in [0.29, 0.717) is 5.92 Å². The third-order valence-corrected chi connectivity index (χ3v) is 5.30. The summed E-state index contributed by atoms with van der Waals surface area (Å²) in [6, 6.07) is 17.3.